The van der Waals surface area contributed by atoms with Crippen molar-refractivity contribution in [2.24, 2.45) is 29.6 Å². The van der Waals surface area contributed by atoms with Crippen LogP contribution in [0.4, 0.5) is 0 Å². The molecule has 4 fully saturated rings. The summed E-state index contributed by atoms with van der Waals surface area (Å²) in [5, 5.41) is 8.58. The molecular formula is C15H20O2. The van der Waals surface area contributed by atoms with E-state index in [2.05, 4.69) is 11.8 Å². The first-order valence-electron chi connectivity index (χ1n) is 6.92. The predicted molar refractivity (Wildman–Crippen MR) is 65.2 cm³/mol. The molecule has 0 aromatic carbocycles. The molecule has 0 aliphatic heterocycles. The average molecular weight is 232 g/mol. The molecule has 0 amide bonds. The molecular weight excluding hydrogens is 212 g/mol. The summed E-state index contributed by atoms with van der Waals surface area (Å²) in [7, 11) is 0. The van der Waals surface area contributed by atoms with Gasteiger partial charge in [-0.25, -0.2) is 0 Å². The van der Waals surface area contributed by atoms with Crippen LogP contribution in [0.15, 0.2) is 0 Å². The van der Waals surface area contributed by atoms with Crippen molar-refractivity contribution in [1.29, 1.82) is 0 Å². The highest BCUT2D eigenvalue weighted by Gasteiger charge is 2.47. The van der Waals surface area contributed by atoms with Crippen LogP contribution in [0.3, 0.4) is 0 Å². The Morgan fingerprint density at radius 3 is 2.18 bits per heavy atom. The monoisotopic (exact) mass is 232 g/mol. The van der Waals surface area contributed by atoms with Gasteiger partial charge in [-0.1, -0.05) is 5.92 Å². The highest BCUT2D eigenvalue weighted by molar-refractivity contribution is 5.67. The lowest BCUT2D eigenvalue weighted by Gasteiger charge is -2.52. The van der Waals surface area contributed by atoms with Gasteiger partial charge in [0.2, 0.25) is 0 Å². The van der Waals surface area contributed by atoms with Crippen LogP contribution in [-0.4, -0.2) is 11.1 Å². The summed E-state index contributed by atoms with van der Waals surface area (Å²) in [5.41, 5.74) is 0. The van der Waals surface area contributed by atoms with Crippen LogP contribution >= 0.6 is 0 Å². The number of carboxylic acids is 1. The Labute approximate surface area is 103 Å². The van der Waals surface area contributed by atoms with E-state index < -0.39 is 5.97 Å². The van der Waals surface area contributed by atoms with Crippen LogP contribution in [0.5, 0.6) is 0 Å². The molecule has 0 aromatic rings. The largest absolute Gasteiger partial charge is 0.481 e. The van der Waals surface area contributed by atoms with Gasteiger partial charge in [-0.3, -0.25) is 4.79 Å². The number of hydrogen-bond acceptors (Lipinski definition) is 1. The van der Waals surface area contributed by atoms with Crippen molar-refractivity contribution in [2.75, 3.05) is 0 Å². The zero-order chi connectivity index (χ0) is 11.8. The van der Waals surface area contributed by atoms with E-state index in [1.54, 1.807) is 0 Å². The van der Waals surface area contributed by atoms with E-state index in [0.717, 1.165) is 23.7 Å². The molecule has 0 unspecified atom stereocenters. The zero-order valence-electron chi connectivity index (χ0n) is 10.2. The maximum atomic E-state index is 10.4. The van der Waals surface area contributed by atoms with Gasteiger partial charge in [0, 0.05) is 12.3 Å². The second kappa shape index (κ2) is 4.37. The number of carbonyl (C=O) groups is 1. The second-order valence-corrected chi connectivity index (χ2v) is 6.17. The van der Waals surface area contributed by atoms with Gasteiger partial charge in [-0.05, 0) is 55.8 Å². The molecule has 4 aliphatic rings. The van der Waals surface area contributed by atoms with Gasteiger partial charge < -0.3 is 5.11 Å². The first-order chi connectivity index (χ1) is 8.22. The summed E-state index contributed by atoms with van der Waals surface area (Å²) in [5.74, 6) is 10.0. The molecule has 2 heteroatoms. The van der Waals surface area contributed by atoms with Crippen molar-refractivity contribution in [3.8, 4) is 11.8 Å². The fraction of sp³-hybridized carbons (Fsp3) is 0.800. The SMILES string of the molecule is O=C(O)CCC#CC1C2CC3CC(C2)CC1C3. The van der Waals surface area contributed by atoms with Crippen molar-refractivity contribution in [3.05, 3.63) is 0 Å². The van der Waals surface area contributed by atoms with Crippen LogP contribution in [-0.2, 0) is 4.79 Å². The summed E-state index contributed by atoms with van der Waals surface area (Å²) in [6, 6.07) is 0. The maximum Gasteiger partial charge on any atom is 0.304 e. The molecule has 1 N–H and O–H groups in total. The lowest BCUT2D eigenvalue weighted by atomic mass is 9.52. The lowest BCUT2D eigenvalue weighted by molar-refractivity contribution is -0.136. The summed E-state index contributed by atoms with van der Waals surface area (Å²) in [6.45, 7) is 0. The highest BCUT2D eigenvalue weighted by atomic mass is 16.4. The van der Waals surface area contributed by atoms with Crippen molar-refractivity contribution < 1.29 is 9.90 Å². The van der Waals surface area contributed by atoms with Crippen LogP contribution in [0.25, 0.3) is 0 Å². The zero-order valence-corrected chi connectivity index (χ0v) is 10.2. The Balaban J connectivity index is 1.62. The summed E-state index contributed by atoms with van der Waals surface area (Å²) in [6.07, 6.45) is 7.78. The average Bonchev–Trinajstić information content (AvgIpc) is 2.25. The van der Waals surface area contributed by atoms with E-state index in [1.165, 1.54) is 32.1 Å². The Hall–Kier alpha value is -0.970. The van der Waals surface area contributed by atoms with Gasteiger partial charge in [0.15, 0.2) is 0 Å². The van der Waals surface area contributed by atoms with Gasteiger partial charge in [0.1, 0.15) is 0 Å². The highest BCUT2D eigenvalue weighted by Crippen LogP contribution is 2.56. The molecule has 0 radical (unpaired) electrons. The third-order valence-corrected chi connectivity index (χ3v) is 4.96. The van der Waals surface area contributed by atoms with Crippen LogP contribution in [0.1, 0.15) is 44.9 Å². The summed E-state index contributed by atoms with van der Waals surface area (Å²) in [4.78, 5) is 10.4. The lowest BCUT2D eigenvalue weighted by Crippen LogP contribution is -2.44. The fourth-order valence-corrected chi connectivity index (χ4v) is 4.52. The number of hydrogen-bond donors (Lipinski definition) is 1. The molecule has 92 valence electrons. The molecule has 4 rings (SSSR count). The smallest absolute Gasteiger partial charge is 0.304 e. The Kier molecular flexibility index (Phi) is 2.86. The summed E-state index contributed by atoms with van der Waals surface area (Å²) < 4.78 is 0. The van der Waals surface area contributed by atoms with Crippen LogP contribution < -0.4 is 0 Å². The van der Waals surface area contributed by atoms with Gasteiger partial charge in [-0.15, -0.1) is 5.92 Å². The topological polar surface area (TPSA) is 37.3 Å². The molecule has 0 atom stereocenters. The van der Waals surface area contributed by atoms with E-state index in [0.29, 0.717) is 12.3 Å². The molecule has 0 spiro atoms. The van der Waals surface area contributed by atoms with Crippen molar-refractivity contribution in [1.82, 2.24) is 0 Å². The molecule has 4 bridgehead atoms. The molecule has 0 aromatic heterocycles. The van der Waals surface area contributed by atoms with E-state index in [-0.39, 0.29) is 6.42 Å². The van der Waals surface area contributed by atoms with Crippen LogP contribution in [0, 0.1) is 41.4 Å². The van der Waals surface area contributed by atoms with Crippen LogP contribution in [0.2, 0.25) is 0 Å². The van der Waals surface area contributed by atoms with Gasteiger partial charge in [0.25, 0.3) is 0 Å². The minimum absolute atomic E-state index is 0.195. The molecule has 0 heterocycles. The normalized spacial score (nSPS) is 42.0. The minimum atomic E-state index is -0.732. The molecule has 17 heavy (non-hydrogen) atoms. The number of carboxylic acid groups (broad SMARTS) is 1. The number of aliphatic carboxylic acids is 1. The predicted octanol–water partition coefficient (Wildman–Crippen LogP) is 2.93. The maximum absolute atomic E-state index is 10.4. The Morgan fingerprint density at radius 1 is 1.06 bits per heavy atom. The molecule has 4 saturated carbocycles. The third kappa shape index (κ3) is 2.20. The van der Waals surface area contributed by atoms with Crippen molar-refractivity contribution in [2.45, 2.75) is 44.9 Å². The van der Waals surface area contributed by atoms with Gasteiger partial charge in [-0.2, -0.15) is 0 Å². The molecule has 2 nitrogen and oxygen atoms in total. The van der Waals surface area contributed by atoms with E-state index in [1.807, 2.05) is 0 Å². The fourth-order valence-electron chi connectivity index (χ4n) is 4.52. The van der Waals surface area contributed by atoms with Gasteiger partial charge >= 0.3 is 5.97 Å². The van der Waals surface area contributed by atoms with E-state index >= 15 is 0 Å². The Morgan fingerprint density at radius 2 is 1.65 bits per heavy atom. The van der Waals surface area contributed by atoms with Gasteiger partial charge in [0.05, 0.1) is 6.42 Å². The first kappa shape index (κ1) is 11.1. The summed E-state index contributed by atoms with van der Waals surface area (Å²) >= 11 is 0. The molecule has 4 aliphatic carbocycles. The van der Waals surface area contributed by atoms with E-state index in [4.69, 9.17) is 5.11 Å². The quantitative estimate of drug-likeness (QED) is 0.743. The molecule has 0 saturated heterocycles. The second-order valence-electron chi connectivity index (χ2n) is 6.17. The number of rotatable bonds is 2. The van der Waals surface area contributed by atoms with Crippen molar-refractivity contribution in [3.63, 3.8) is 0 Å². The minimum Gasteiger partial charge on any atom is -0.481 e. The third-order valence-electron chi connectivity index (χ3n) is 4.96. The van der Waals surface area contributed by atoms with Crippen molar-refractivity contribution >= 4 is 5.97 Å². The Bertz CT molecular complexity index is 346. The van der Waals surface area contributed by atoms with E-state index in [9.17, 15) is 4.79 Å². The first-order valence-corrected chi connectivity index (χ1v) is 6.92. The standard InChI is InChI=1S/C15H20O2/c16-15(17)4-2-1-3-14-12-6-10-5-11(8-12)9-13(14)7-10/h10-14H,2,4-9H2,(H,16,17).